The molecule has 1 aliphatic heterocycles. The van der Waals surface area contributed by atoms with Crippen molar-refractivity contribution in [3.8, 4) is 22.8 Å². The molecule has 0 amide bonds. The van der Waals surface area contributed by atoms with Gasteiger partial charge < -0.3 is 14.5 Å². The van der Waals surface area contributed by atoms with Gasteiger partial charge in [0.1, 0.15) is 0 Å². The fraction of sp³-hybridized carbons (Fsp3) is 0.200. The van der Waals surface area contributed by atoms with Gasteiger partial charge in [-0.15, -0.1) is 12.4 Å². The highest BCUT2D eigenvalue weighted by molar-refractivity contribution is 8.08. The minimum atomic E-state index is 0. The fourth-order valence-electron chi connectivity index (χ4n) is 2.13. The van der Waals surface area contributed by atoms with Crippen molar-refractivity contribution in [3.63, 3.8) is 0 Å². The van der Waals surface area contributed by atoms with Gasteiger partial charge in [0.2, 0.25) is 0 Å². The van der Waals surface area contributed by atoms with Crippen LogP contribution in [0, 0.1) is 0 Å². The summed E-state index contributed by atoms with van der Waals surface area (Å²) in [4.78, 5) is 9.95. The van der Waals surface area contributed by atoms with E-state index in [1.54, 1.807) is 43.4 Å². The summed E-state index contributed by atoms with van der Waals surface area (Å²) in [6, 6.07) is 5.67. The maximum absolute atomic E-state index is 5.74. The Morgan fingerprint density at radius 3 is 2.52 bits per heavy atom. The molecule has 1 aliphatic rings. The predicted octanol–water partition coefficient (Wildman–Crippen LogP) is 2.76. The minimum absolute atomic E-state index is 0. The van der Waals surface area contributed by atoms with Crippen LogP contribution >= 0.6 is 24.2 Å². The number of hydrogen-bond donors (Lipinski definition) is 1. The van der Waals surface area contributed by atoms with Gasteiger partial charge in [-0.05, 0) is 18.2 Å². The van der Waals surface area contributed by atoms with Gasteiger partial charge in [-0.2, -0.15) is 0 Å². The highest BCUT2D eigenvalue weighted by atomic mass is 35.5. The number of halogens is 1. The lowest BCUT2D eigenvalue weighted by atomic mass is 10.1. The molecule has 2 N–H and O–H groups in total. The van der Waals surface area contributed by atoms with E-state index in [0.717, 1.165) is 27.7 Å². The molecule has 0 unspecified atom stereocenters. The molecule has 1 aromatic carbocycles. The average Bonchev–Trinajstić information content (AvgIpc) is 3.01. The number of thioether (sulfide) groups is 1. The lowest BCUT2D eigenvalue weighted by molar-refractivity contribution is 0.355. The molecule has 122 valence electrons. The normalized spacial score (nSPS) is 13.3. The van der Waals surface area contributed by atoms with Crippen molar-refractivity contribution in [3.05, 3.63) is 42.5 Å². The number of ether oxygens (including phenoxy) is 2. The summed E-state index contributed by atoms with van der Waals surface area (Å²) in [6.45, 7) is 0. The Bertz CT molecular complexity index is 726. The van der Waals surface area contributed by atoms with Crippen LogP contribution in [0.25, 0.3) is 16.2 Å². The van der Waals surface area contributed by atoms with E-state index in [-0.39, 0.29) is 12.4 Å². The summed E-state index contributed by atoms with van der Waals surface area (Å²) in [7, 11) is 3.22. The molecule has 2 aromatic rings. The van der Waals surface area contributed by atoms with Crippen LogP contribution in [0.2, 0.25) is 0 Å². The Labute approximate surface area is 145 Å². The zero-order valence-corrected chi connectivity index (χ0v) is 14.4. The van der Waals surface area contributed by atoms with E-state index >= 15 is 0 Å². The van der Waals surface area contributed by atoms with Gasteiger partial charge in [-0.1, -0.05) is 11.8 Å². The Balaban J connectivity index is 0.00000192. The number of methoxy groups -OCH3 is 2. The third kappa shape index (κ3) is 3.69. The number of hydrazine groups is 1. The zero-order valence-electron chi connectivity index (χ0n) is 12.7. The monoisotopic (exact) mass is 352 g/mol. The fourth-order valence-corrected chi connectivity index (χ4v) is 2.95. The van der Waals surface area contributed by atoms with Crippen LogP contribution in [0.4, 0.5) is 0 Å². The smallest absolute Gasteiger partial charge is 0.161 e. The van der Waals surface area contributed by atoms with E-state index < -0.39 is 0 Å². The number of hydrogen-bond acceptors (Lipinski definition) is 7. The summed E-state index contributed by atoms with van der Waals surface area (Å²) < 4.78 is 10.6. The quantitative estimate of drug-likeness (QED) is 0.848. The van der Waals surface area contributed by atoms with E-state index in [4.69, 9.17) is 15.3 Å². The molecule has 0 saturated heterocycles. The van der Waals surface area contributed by atoms with Crippen LogP contribution < -0.4 is 15.3 Å². The molecule has 1 aromatic heterocycles. The van der Waals surface area contributed by atoms with Gasteiger partial charge in [-0.3, -0.25) is 4.98 Å². The molecule has 2 heterocycles. The van der Waals surface area contributed by atoms with E-state index in [1.165, 1.54) is 0 Å². The topological polar surface area (TPSA) is 73.5 Å². The summed E-state index contributed by atoms with van der Waals surface area (Å²) in [6.07, 6.45) is 5.33. The van der Waals surface area contributed by atoms with Gasteiger partial charge in [-0.25, -0.2) is 10.8 Å². The molecule has 6 nitrogen and oxygen atoms in total. The summed E-state index contributed by atoms with van der Waals surface area (Å²) >= 11 is 1.64. The van der Waals surface area contributed by atoms with Crippen molar-refractivity contribution < 1.29 is 9.47 Å². The number of rotatable bonds is 4. The molecule has 3 rings (SSSR count). The summed E-state index contributed by atoms with van der Waals surface area (Å²) in [5, 5.41) is 1.63. The minimum Gasteiger partial charge on any atom is -0.493 e. The van der Waals surface area contributed by atoms with Crippen molar-refractivity contribution in [2.24, 2.45) is 5.84 Å². The molecule has 0 radical (unpaired) electrons. The van der Waals surface area contributed by atoms with Crippen LogP contribution in [0.1, 0.15) is 5.69 Å². The number of benzene rings is 1. The molecule has 0 saturated carbocycles. The second-order valence-electron chi connectivity index (χ2n) is 4.64. The van der Waals surface area contributed by atoms with Crippen molar-refractivity contribution in [2.75, 3.05) is 20.1 Å². The lowest BCUT2D eigenvalue weighted by Gasteiger charge is -2.09. The maximum Gasteiger partial charge on any atom is 0.161 e. The molecule has 0 fully saturated rings. The predicted molar refractivity (Wildman–Crippen MR) is 94.3 cm³/mol. The summed E-state index contributed by atoms with van der Waals surface area (Å²) in [5.74, 6) is 7.80. The van der Waals surface area contributed by atoms with E-state index in [1.807, 2.05) is 24.4 Å². The first-order valence-electron chi connectivity index (χ1n) is 6.62. The molecule has 0 atom stereocenters. The Morgan fingerprint density at radius 1 is 1.13 bits per heavy atom. The first kappa shape index (κ1) is 17.4. The van der Waals surface area contributed by atoms with Crippen molar-refractivity contribution in [1.82, 2.24) is 15.0 Å². The number of aromatic nitrogens is 2. The van der Waals surface area contributed by atoms with Gasteiger partial charge in [0.25, 0.3) is 0 Å². The van der Waals surface area contributed by atoms with Crippen molar-refractivity contribution in [2.45, 2.75) is 0 Å². The second kappa shape index (κ2) is 7.54. The SMILES string of the molecule is COc1ccc(-c2cncc(C3=CN(N)CS3)n2)cc1OC.Cl. The second-order valence-corrected chi connectivity index (χ2v) is 5.63. The Morgan fingerprint density at radius 2 is 1.87 bits per heavy atom. The molecular formula is C15H17ClN4O2S. The Kier molecular flexibility index (Phi) is 5.70. The number of nitrogens with two attached hydrogens (primary N) is 1. The average molecular weight is 353 g/mol. The van der Waals surface area contributed by atoms with Crippen LogP contribution in [0.15, 0.2) is 36.8 Å². The van der Waals surface area contributed by atoms with Crippen LogP contribution in [0.3, 0.4) is 0 Å². The third-order valence-electron chi connectivity index (χ3n) is 3.22. The standard InChI is InChI=1S/C15H16N4O2S.ClH/c1-20-13-4-3-10(5-14(13)21-2)11-6-17-7-12(18-11)15-8-19(16)9-22-15;/h3-8H,9,16H2,1-2H3;1H. The molecule has 0 bridgehead atoms. The van der Waals surface area contributed by atoms with Crippen LogP contribution in [-0.2, 0) is 0 Å². The maximum atomic E-state index is 5.74. The van der Waals surface area contributed by atoms with E-state index in [9.17, 15) is 0 Å². The summed E-state index contributed by atoms with van der Waals surface area (Å²) in [5.41, 5.74) is 2.50. The highest BCUT2D eigenvalue weighted by Crippen LogP contribution is 2.34. The largest absolute Gasteiger partial charge is 0.493 e. The van der Waals surface area contributed by atoms with Crippen LogP contribution in [0.5, 0.6) is 11.5 Å². The third-order valence-corrected chi connectivity index (χ3v) is 4.27. The molecular weight excluding hydrogens is 336 g/mol. The molecule has 0 spiro atoms. The number of nitrogens with zero attached hydrogens (tertiary/aromatic N) is 3. The first-order chi connectivity index (χ1) is 10.7. The van der Waals surface area contributed by atoms with Crippen molar-refractivity contribution in [1.29, 1.82) is 0 Å². The van der Waals surface area contributed by atoms with Gasteiger partial charge in [0.05, 0.1) is 48.8 Å². The molecule has 0 aliphatic carbocycles. The van der Waals surface area contributed by atoms with Gasteiger partial charge in [0.15, 0.2) is 11.5 Å². The van der Waals surface area contributed by atoms with Crippen molar-refractivity contribution >= 4 is 29.1 Å². The molecule has 23 heavy (non-hydrogen) atoms. The van der Waals surface area contributed by atoms with Crippen LogP contribution in [-0.4, -0.2) is 35.1 Å². The first-order valence-corrected chi connectivity index (χ1v) is 7.60. The lowest BCUT2D eigenvalue weighted by Crippen LogP contribution is -2.20. The highest BCUT2D eigenvalue weighted by Gasteiger charge is 2.15. The van der Waals surface area contributed by atoms with Gasteiger partial charge in [0, 0.05) is 11.8 Å². The Hall–Kier alpha value is -1.96. The molecule has 8 heteroatoms. The van der Waals surface area contributed by atoms with E-state index in [0.29, 0.717) is 11.5 Å². The van der Waals surface area contributed by atoms with E-state index in [2.05, 4.69) is 9.97 Å². The zero-order chi connectivity index (χ0) is 15.5. The van der Waals surface area contributed by atoms with Gasteiger partial charge >= 0.3 is 0 Å².